The normalized spacial score (nSPS) is 30.7. The minimum atomic E-state index is -4.30. The van der Waals surface area contributed by atoms with Crippen LogP contribution in [0.4, 0.5) is 13.2 Å². The molecule has 0 radical (unpaired) electrons. The number of hydrogen-bond acceptors (Lipinski definition) is 5. The van der Waals surface area contributed by atoms with E-state index < -0.39 is 11.7 Å². The van der Waals surface area contributed by atoms with Gasteiger partial charge in [0.1, 0.15) is 12.2 Å². The van der Waals surface area contributed by atoms with Crippen molar-refractivity contribution in [3.05, 3.63) is 65.9 Å². The highest BCUT2D eigenvalue weighted by Gasteiger charge is 2.51. The highest BCUT2D eigenvalue weighted by molar-refractivity contribution is 5.75. The first-order valence-corrected chi connectivity index (χ1v) is 12.9. The molecule has 4 aliphatic rings. The zero-order valence-corrected chi connectivity index (χ0v) is 21.2. The summed E-state index contributed by atoms with van der Waals surface area (Å²) in [5.41, 5.74) is 1.65. The fraction of sp³-hybridized carbons (Fsp3) is 0.517. The lowest BCUT2D eigenvalue weighted by molar-refractivity contribution is -0.155. The molecule has 2 heterocycles. The Kier molecular flexibility index (Phi) is 8.14. The van der Waals surface area contributed by atoms with Gasteiger partial charge in [-0.15, -0.1) is 0 Å². The Morgan fingerprint density at radius 2 is 1.97 bits per heavy atom. The lowest BCUT2D eigenvalue weighted by Crippen LogP contribution is -2.43. The second-order valence-corrected chi connectivity index (χ2v) is 10.3. The van der Waals surface area contributed by atoms with Gasteiger partial charge in [0.15, 0.2) is 0 Å². The van der Waals surface area contributed by atoms with Gasteiger partial charge >= 0.3 is 18.1 Å². The number of ether oxygens (including phenoxy) is 2. The standard InChI is InChI=1S/C15H22O4.C14H12F3N/c1-8-11-6-10-4-3-5-14(19-9(2)16)12(10)7-13(11)15(17)18-8;1-2-13-7-6-11(9-18-13)10-4-3-5-12(8-10)14(15,16)17/h8,10-14H,3-7H2,1-2H3;2-8,18H,1,9H2. The molecular weight excluding hydrogens is 483 g/mol. The van der Waals surface area contributed by atoms with Crippen LogP contribution in [0.1, 0.15) is 57.1 Å². The molecule has 5 nitrogen and oxygen atoms in total. The van der Waals surface area contributed by atoms with Gasteiger partial charge < -0.3 is 14.8 Å². The molecule has 1 aromatic rings. The summed E-state index contributed by atoms with van der Waals surface area (Å²) in [6, 6.07) is 5.34. The first kappa shape index (κ1) is 27.0. The monoisotopic (exact) mass is 517 g/mol. The first-order chi connectivity index (χ1) is 17.6. The molecule has 6 unspecified atom stereocenters. The molecule has 0 spiro atoms. The first-order valence-electron chi connectivity index (χ1n) is 12.9. The second kappa shape index (κ2) is 11.2. The summed E-state index contributed by atoms with van der Waals surface area (Å²) in [6.07, 6.45) is 6.22. The van der Waals surface area contributed by atoms with Crippen LogP contribution in [-0.2, 0) is 25.2 Å². The van der Waals surface area contributed by atoms with E-state index in [-0.39, 0.29) is 30.1 Å². The molecule has 1 aromatic carbocycles. The third-order valence-corrected chi connectivity index (χ3v) is 8.02. The summed E-state index contributed by atoms with van der Waals surface area (Å²) in [6.45, 7) is 7.60. The molecule has 1 saturated heterocycles. The number of carbonyl (C=O) groups excluding carboxylic acids is 2. The summed E-state index contributed by atoms with van der Waals surface area (Å²) in [5.74, 6) is 1.13. The van der Waals surface area contributed by atoms with Crippen LogP contribution in [0.3, 0.4) is 0 Å². The van der Waals surface area contributed by atoms with Crippen LogP contribution in [0, 0.1) is 23.7 Å². The average Bonchev–Trinajstić information content (AvgIpc) is 3.15. The zero-order chi connectivity index (χ0) is 26.7. The average molecular weight is 518 g/mol. The smallest absolute Gasteiger partial charge is 0.416 e. The highest BCUT2D eigenvalue weighted by atomic mass is 19.4. The Hall–Kier alpha value is -3.03. The van der Waals surface area contributed by atoms with Gasteiger partial charge in [-0.25, -0.2) is 0 Å². The Labute approximate surface area is 215 Å². The molecule has 1 N–H and O–H groups in total. The molecule has 6 atom stereocenters. The van der Waals surface area contributed by atoms with Gasteiger partial charge in [0, 0.05) is 25.1 Å². The van der Waals surface area contributed by atoms with E-state index in [4.69, 9.17) is 9.47 Å². The van der Waals surface area contributed by atoms with Gasteiger partial charge in [-0.2, -0.15) is 13.2 Å². The number of carbonyl (C=O) groups is 2. The van der Waals surface area contributed by atoms with E-state index in [1.54, 1.807) is 18.2 Å². The van der Waals surface area contributed by atoms with Gasteiger partial charge in [-0.1, -0.05) is 24.8 Å². The molecule has 0 amide bonds. The van der Waals surface area contributed by atoms with Crippen molar-refractivity contribution >= 4 is 17.5 Å². The summed E-state index contributed by atoms with van der Waals surface area (Å²) in [4.78, 5) is 23.1. The van der Waals surface area contributed by atoms with Crippen LogP contribution in [-0.4, -0.2) is 30.7 Å². The van der Waals surface area contributed by atoms with Crippen LogP contribution < -0.4 is 5.32 Å². The number of allylic oxidation sites excluding steroid dienone is 3. The maximum Gasteiger partial charge on any atom is 0.416 e. The lowest BCUT2D eigenvalue weighted by Gasteiger charge is -2.44. The number of fused-ring (bicyclic) bond motifs is 2. The molecule has 200 valence electrons. The maximum atomic E-state index is 12.6. The predicted octanol–water partition coefficient (Wildman–Crippen LogP) is 6.07. The van der Waals surface area contributed by atoms with Crippen LogP contribution in [0.5, 0.6) is 0 Å². The van der Waals surface area contributed by atoms with Crippen molar-refractivity contribution in [2.24, 2.45) is 23.7 Å². The van der Waals surface area contributed by atoms with E-state index in [0.29, 0.717) is 29.9 Å². The Bertz CT molecular complexity index is 1090. The fourth-order valence-corrected chi connectivity index (χ4v) is 6.18. The number of alkyl halides is 3. The van der Waals surface area contributed by atoms with E-state index in [0.717, 1.165) is 43.0 Å². The van der Waals surface area contributed by atoms with Crippen molar-refractivity contribution < 1.29 is 32.2 Å². The van der Waals surface area contributed by atoms with Gasteiger partial charge in [0.05, 0.1) is 11.5 Å². The van der Waals surface area contributed by atoms with E-state index >= 15 is 0 Å². The minimum absolute atomic E-state index is 0.0147. The Morgan fingerprint density at radius 3 is 2.62 bits per heavy atom. The number of hydrogen-bond donors (Lipinski definition) is 1. The Balaban J connectivity index is 0.000000173. The largest absolute Gasteiger partial charge is 0.462 e. The van der Waals surface area contributed by atoms with Crippen molar-refractivity contribution in [1.82, 2.24) is 5.32 Å². The van der Waals surface area contributed by atoms with E-state index in [1.165, 1.54) is 25.5 Å². The molecule has 2 saturated carbocycles. The molecule has 0 bridgehead atoms. The number of rotatable bonds is 3. The molecule has 2 aliphatic heterocycles. The number of dihydropyridines is 1. The molecule has 0 aromatic heterocycles. The topological polar surface area (TPSA) is 64.6 Å². The number of nitrogens with one attached hydrogen (secondary N) is 1. The third kappa shape index (κ3) is 6.28. The van der Waals surface area contributed by atoms with Crippen molar-refractivity contribution in [3.63, 3.8) is 0 Å². The summed E-state index contributed by atoms with van der Waals surface area (Å²) < 4.78 is 48.6. The highest BCUT2D eigenvalue weighted by Crippen LogP contribution is 2.50. The predicted molar refractivity (Wildman–Crippen MR) is 134 cm³/mol. The Morgan fingerprint density at radius 1 is 1.19 bits per heavy atom. The SMILES string of the molecule is C=CC1=CC=C(c2cccc(C(F)(F)F)c2)CN1.CC(=O)OC1CCCC2CC3C(C)OC(=O)C3CC21. The van der Waals surface area contributed by atoms with Crippen molar-refractivity contribution in [3.8, 4) is 0 Å². The number of halogens is 3. The quantitative estimate of drug-likeness (QED) is 0.493. The fourth-order valence-electron chi connectivity index (χ4n) is 6.18. The number of cyclic esters (lactones) is 1. The van der Waals surface area contributed by atoms with E-state index in [2.05, 4.69) is 11.9 Å². The molecule has 37 heavy (non-hydrogen) atoms. The van der Waals surface area contributed by atoms with Crippen LogP contribution in [0.15, 0.2) is 54.8 Å². The second-order valence-electron chi connectivity index (χ2n) is 10.3. The minimum Gasteiger partial charge on any atom is -0.462 e. The number of esters is 2. The van der Waals surface area contributed by atoms with E-state index in [9.17, 15) is 22.8 Å². The van der Waals surface area contributed by atoms with Crippen molar-refractivity contribution in [2.45, 2.75) is 64.3 Å². The third-order valence-electron chi connectivity index (χ3n) is 8.02. The molecule has 8 heteroatoms. The summed E-state index contributed by atoms with van der Waals surface area (Å²) >= 11 is 0. The van der Waals surface area contributed by atoms with Crippen molar-refractivity contribution in [2.75, 3.05) is 6.54 Å². The molecule has 5 rings (SSSR count). The number of benzene rings is 1. The lowest BCUT2D eigenvalue weighted by atomic mass is 9.62. The maximum absolute atomic E-state index is 12.6. The molecule has 3 fully saturated rings. The molecule has 2 aliphatic carbocycles. The summed E-state index contributed by atoms with van der Waals surface area (Å²) in [7, 11) is 0. The summed E-state index contributed by atoms with van der Waals surface area (Å²) in [5, 5.41) is 3.07. The van der Waals surface area contributed by atoms with Crippen LogP contribution in [0.25, 0.3) is 5.57 Å². The van der Waals surface area contributed by atoms with Gasteiger partial charge in [-0.05, 0) is 86.3 Å². The van der Waals surface area contributed by atoms with Crippen LogP contribution >= 0.6 is 0 Å². The van der Waals surface area contributed by atoms with Gasteiger partial charge in [-0.3, -0.25) is 9.59 Å². The zero-order valence-electron chi connectivity index (χ0n) is 21.2. The molecular formula is C29H34F3NO4. The van der Waals surface area contributed by atoms with E-state index in [1.807, 2.05) is 13.0 Å². The van der Waals surface area contributed by atoms with Crippen molar-refractivity contribution in [1.29, 1.82) is 0 Å². The van der Waals surface area contributed by atoms with Gasteiger partial charge in [0.2, 0.25) is 0 Å². The van der Waals surface area contributed by atoms with Crippen LogP contribution in [0.2, 0.25) is 0 Å². The van der Waals surface area contributed by atoms with Gasteiger partial charge in [0.25, 0.3) is 0 Å².